The van der Waals surface area contributed by atoms with Crippen LogP contribution in [0.5, 0.6) is 0 Å². The zero-order valence-corrected chi connectivity index (χ0v) is 9.16. The number of nitrogens with two attached hydrogens (primary N) is 1. The van der Waals surface area contributed by atoms with Gasteiger partial charge in [-0.1, -0.05) is 6.08 Å². The van der Waals surface area contributed by atoms with Crippen LogP contribution < -0.4 is 5.73 Å². The molecule has 1 aliphatic rings. The van der Waals surface area contributed by atoms with Gasteiger partial charge in [-0.25, -0.2) is 4.79 Å². The van der Waals surface area contributed by atoms with Crippen molar-refractivity contribution in [1.82, 2.24) is 0 Å². The Morgan fingerprint density at radius 3 is 2.80 bits per heavy atom. The summed E-state index contributed by atoms with van der Waals surface area (Å²) in [5.41, 5.74) is 6.14. The Balaban J connectivity index is 2.65. The van der Waals surface area contributed by atoms with Gasteiger partial charge in [-0.15, -0.1) is 0 Å². The minimum absolute atomic E-state index is 0.0289. The van der Waals surface area contributed by atoms with Gasteiger partial charge >= 0.3 is 0 Å². The van der Waals surface area contributed by atoms with Gasteiger partial charge < -0.3 is 10.8 Å². The molecule has 0 aromatic rings. The molecule has 0 aromatic heterocycles. The molecule has 3 nitrogen and oxygen atoms in total. The molecular weight excluding hydrogens is 190 g/mol. The van der Waals surface area contributed by atoms with Crippen molar-refractivity contribution in [2.45, 2.75) is 32.2 Å². The Hall–Kier alpha value is -1.31. The number of hydrogen-bond donors (Lipinski definition) is 2. The van der Waals surface area contributed by atoms with Crippen LogP contribution in [-0.2, 0) is 4.79 Å². The molecule has 1 aliphatic carbocycles. The van der Waals surface area contributed by atoms with E-state index in [1.54, 1.807) is 6.08 Å². The molecule has 0 radical (unpaired) electrons. The maximum absolute atomic E-state index is 10.7. The summed E-state index contributed by atoms with van der Waals surface area (Å²) < 4.78 is 0. The molecular formula is C12H17NO2. The van der Waals surface area contributed by atoms with Crippen molar-refractivity contribution in [3.8, 4) is 0 Å². The Morgan fingerprint density at radius 2 is 2.27 bits per heavy atom. The van der Waals surface area contributed by atoms with E-state index in [1.807, 2.05) is 25.9 Å². The molecule has 82 valence electrons. The lowest BCUT2D eigenvalue weighted by Gasteiger charge is -2.22. The number of hydrogen-bond acceptors (Lipinski definition) is 3. The van der Waals surface area contributed by atoms with Crippen LogP contribution >= 0.6 is 0 Å². The van der Waals surface area contributed by atoms with E-state index in [4.69, 9.17) is 5.73 Å². The van der Waals surface area contributed by atoms with Crippen LogP contribution in [0.25, 0.3) is 0 Å². The van der Waals surface area contributed by atoms with Crippen LogP contribution in [0.15, 0.2) is 29.6 Å². The highest BCUT2D eigenvalue weighted by molar-refractivity contribution is 5.61. The molecule has 1 unspecified atom stereocenters. The lowest BCUT2D eigenvalue weighted by Crippen LogP contribution is -2.32. The fourth-order valence-electron chi connectivity index (χ4n) is 1.52. The second-order valence-electron chi connectivity index (χ2n) is 4.62. The molecule has 0 aliphatic heterocycles. The monoisotopic (exact) mass is 207 g/mol. The fourth-order valence-corrected chi connectivity index (χ4v) is 1.52. The lowest BCUT2D eigenvalue weighted by atomic mass is 9.86. The highest BCUT2D eigenvalue weighted by Gasteiger charge is 2.19. The quantitative estimate of drug-likeness (QED) is 0.695. The smallest absolute Gasteiger partial charge is 0.128 e. The zero-order valence-electron chi connectivity index (χ0n) is 9.16. The van der Waals surface area contributed by atoms with E-state index < -0.39 is 0 Å². The molecule has 0 aromatic carbocycles. The predicted octanol–water partition coefficient (Wildman–Crippen LogP) is 1.89. The van der Waals surface area contributed by atoms with Crippen molar-refractivity contribution < 1.29 is 9.90 Å². The van der Waals surface area contributed by atoms with E-state index in [-0.39, 0.29) is 17.2 Å². The summed E-state index contributed by atoms with van der Waals surface area (Å²) >= 11 is 0. The zero-order chi connectivity index (χ0) is 11.5. The highest BCUT2D eigenvalue weighted by atomic mass is 16.3. The van der Waals surface area contributed by atoms with Gasteiger partial charge in [0.2, 0.25) is 0 Å². The first-order valence-electron chi connectivity index (χ1n) is 5.05. The summed E-state index contributed by atoms with van der Waals surface area (Å²) in [5, 5.41) is 9.21. The second-order valence-corrected chi connectivity index (χ2v) is 4.62. The molecule has 1 atom stereocenters. The van der Waals surface area contributed by atoms with Gasteiger partial charge in [0.15, 0.2) is 0 Å². The average Bonchev–Trinajstić information content (AvgIpc) is 2.14. The van der Waals surface area contributed by atoms with Gasteiger partial charge in [0.25, 0.3) is 0 Å². The first kappa shape index (κ1) is 11.8. The fraction of sp³-hybridized carbons (Fsp3) is 0.500. The maximum Gasteiger partial charge on any atom is 0.128 e. The van der Waals surface area contributed by atoms with E-state index in [2.05, 4.69) is 0 Å². The summed E-state index contributed by atoms with van der Waals surface area (Å²) in [4.78, 5) is 10.7. The molecule has 0 saturated carbocycles. The topological polar surface area (TPSA) is 63.3 Å². The van der Waals surface area contributed by atoms with Gasteiger partial charge in [-0.05, 0) is 38.8 Å². The van der Waals surface area contributed by atoms with Crippen LogP contribution in [0.4, 0.5) is 0 Å². The molecule has 0 fully saturated rings. The number of rotatable bonds is 3. The minimum atomic E-state index is -0.231. The van der Waals surface area contributed by atoms with E-state index >= 15 is 0 Å². The number of aliphatic hydroxyl groups excluding tert-OH is 1. The third kappa shape index (κ3) is 3.74. The van der Waals surface area contributed by atoms with Crippen molar-refractivity contribution in [2.24, 2.45) is 11.7 Å². The van der Waals surface area contributed by atoms with Crippen molar-refractivity contribution >= 4 is 5.94 Å². The van der Waals surface area contributed by atoms with Crippen molar-refractivity contribution in [2.75, 3.05) is 0 Å². The predicted molar refractivity (Wildman–Crippen MR) is 60.0 cm³/mol. The molecule has 0 amide bonds. The molecule has 15 heavy (non-hydrogen) atoms. The van der Waals surface area contributed by atoms with E-state index in [1.165, 1.54) is 6.08 Å². The third-order valence-electron chi connectivity index (χ3n) is 2.42. The van der Waals surface area contributed by atoms with E-state index in [0.29, 0.717) is 5.57 Å². The van der Waals surface area contributed by atoms with Gasteiger partial charge in [-0.2, -0.15) is 0 Å². The van der Waals surface area contributed by atoms with Crippen molar-refractivity contribution in [3.63, 3.8) is 0 Å². The molecule has 0 bridgehead atoms. The largest absolute Gasteiger partial charge is 0.508 e. The van der Waals surface area contributed by atoms with Crippen molar-refractivity contribution in [1.29, 1.82) is 0 Å². The Bertz CT molecular complexity index is 341. The molecule has 3 heteroatoms. The first-order chi connectivity index (χ1) is 6.92. The summed E-state index contributed by atoms with van der Waals surface area (Å²) in [6, 6.07) is 0. The van der Waals surface area contributed by atoms with Crippen LogP contribution in [0.3, 0.4) is 0 Å². The second kappa shape index (κ2) is 4.47. The van der Waals surface area contributed by atoms with E-state index in [9.17, 15) is 9.90 Å². The Labute approximate surface area is 90.0 Å². The Morgan fingerprint density at radius 1 is 1.60 bits per heavy atom. The van der Waals surface area contributed by atoms with Crippen LogP contribution in [0, 0.1) is 5.92 Å². The van der Waals surface area contributed by atoms with Crippen molar-refractivity contribution in [3.05, 3.63) is 29.6 Å². The van der Waals surface area contributed by atoms with Gasteiger partial charge in [0, 0.05) is 17.0 Å². The van der Waals surface area contributed by atoms with Gasteiger partial charge in [0.05, 0.1) is 0 Å². The number of carbonyl (C=O) groups excluding carboxylic acids is 1. The van der Waals surface area contributed by atoms with Gasteiger partial charge in [-0.3, -0.25) is 0 Å². The van der Waals surface area contributed by atoms with Gasteiger partial charge in [0.1, 0.15) is 11.7 Å². The standard InChI is InChI=1S/C12H17NO2/c1-12(2,13)6-5-9-3-4-11(15)7-10(9)8-14/h3-4,7,9,15H,5-6,13H2,1-2H3. The lowest BCUT2D eigenvalue weighted by molar-refractivity contribution is 0.416. The Kier molecular flexibility index (Phi) is 3.51. The SMILES string of the molecule is CC(C)(N)CCC1C=CC(O)=CC1=C=O. The summed E-state index contributed by atoms with van der Waals surface area (Å²) in [6.07, 6.45) is 6.51. The normalized spacial score (nSPS) is 21.1. The van der Waals surface area contributed by atoms with Crippen LogP contribution in [-0.4, -0.2) is 16.6 Å². The minimum Gasteiger partial charge on any atom is -0.508 e. The average molecular weight is 207 g/mol. The number of aliphatic hydroxyl groups is 1. The summed E-state index contributed by atoms with van der Waals surface area (Å²) in [5.74, 6) is 2.00. The first-order valence-corrected chi connectivity index (χ1v) is 5.05. The summed E-state index contributed by atoms with van der Waals surface area (Å²) in [7, 11) is 0. The molecule has 0 saturated heterocycles. The summed E-state index contributed by atoms with van der Waals surface area (Å²) in [6.45, 7) is 3.91. The van der Waals surface area contributed by atoms with Crippen LogP contribution in [0.1, 0.15) is 26.7 Å². The third-order valence-corrected chi connectivity index (χ3v) is 2.42. The molecule has 0 heterocycles. The molecule has 0 spiro atoms. The number of allylic oxidation sites excluding steroid dienone is 4. The maximum atomic E-state index is 10.7. The van der Waals surface area contributed by atoms with E-state index in [0.717, 1.165) is 12.8 Å². The highest BCUT2D eigenvalue weighted by Crippen LogP contribution is 2.25. The molecule has 1 rings (SSSR count). The van der Waals surface area contributed by atoms with Crippen LogP contribution in [0.2, 0.25) is 0 Å². The molecule has 3 N–H and O–H groups in total.